The fourth-order valence-electron chi connectivity index (χ4n) is 1.72. The second-order valence-electron chi connectivity index (χ2n) is 4.14. The molecule has 0 bridgehead atoms. The van der Waals surface area contributed by atoms with E-state index >= 15 is 0 Å². The van der Waals surface area contributed by atoms with Crippen LogP contribution in [0.3, 0.4) is 0 Å². The van der Waals surface area contributed by atoms with Crippen molar-refractivity contribution >= 4 is 5.78 Å². The van der Waals surface area contributed by atoms with Crippen LogP contribution >= 0.6 is 0 Å². The van der Waals surface area contributed by atoms with Gasteiger partial charge in [0.25, 0.3) is 0 Å². The number of hydrogen-bond donors (Lipinski definition) is 0. The maximum absolute atomic E-state index is 13.4. The van der Waals surface area contributed by atoms with Gasteiger partial charge >= 0.3 is 6.18 Å². The van der Waals surface area contributed by atoms with Crippen molar-refractivity contribution in [1.29, 1.82) is 0 Å². The summed E-state index contributed by atoms with van der Waals surface area (Å²) in [6, 6.07) is 5.05. The molecule has 106 valence electrons. The molecule has 0 aliphatic rings. The summed E-state index contributed by atoms with van der Waals surface area (Å²) in [5.41, 5.74) is -1.59. The minimum Gasteiger partial charge on any atom is -0.458 e. The molecule has 0 saturated carbocycles. The van der Waals surface area contributed by atoms with Gasteiger partial charge in [-0.2, -0.15) is 13.2 Å². The normalized spacial score (nSPS) is 11.7. The highest BCUT2D eigenvalue weighted by molar-refractivity contribution is 6.07. The molecule has 0 aliphatic carbocycles. The van der Waals surface area contributed by atoms with Crippen molar-refractivity contribution in [2.24, 2.45) is 0 Å². The number of carbonyl (C=O) groups excluding carboxylic acids is 1. The van der Waals surface area contributed by atoms with Crippen LogP contribution in [0.4, 0.5) is 17.6 Å². The molecule has 0 aliphatic heterocycles. The minimum atomic E-state index is -4.79. The number of halogens is 4. The number of benzene rings is 1. The smallest absolute Gasteiger partial charge is 0.419 e. The first kappa shape index (κ1) is 14.3. The van der Waals surface area contributed by atoms with E-state index in [9.17, 15) is 22.4 Å². The van der Waals surface area contributed by atoms with Crippen LogP contribution in [0.1, 0.15) is 34.4 Å². The zero-order chi connectivity index (χ0) is 14.9. The lowest BCUT2D eigenvalue weighted by atomic mass is 10.1. The van der Waals surface area contributed by atoms with Crippen LogP contribution in [-0.2, 0) is 12.6 Å². The molecular weight excluding hydrogens is 276 g/mol. The van der Waals surface area contributed by atoms with E-state index in [1.807, 2.05) is 6.92 Å². The Labute approximate surface area is 112 Å². The summed E-state index contributed by atoms with van der Waals surface area (Å²) in [5.74, 6) is -1.59. The lowest BCUT2D eigenvalue weighted by molar-refractivity contribution is -0.140. The Balaban J connectivity index is 2.34. The van der Waals surface area contributed by atoms with Crippen molar-refractivity contribution in [3.8, 4) is 0 Å². The molecule has 0 atom stereocenters. The number of alkyl halides is 3. The third-order valence-corrected chi connectivity index (χ3v) is 2.77. The van der Waals surface area contributed by atoms with Gasteiger partial charge in [-0.15, -0.1) is 0 Å². The molecule has 0 spiro atoms. The quantitative estimate of drug-likeness (QED) is 0.624. The SMILES string of the molecule is CCc1ccc(C(=O)c2ccc(C(F)(F)F)c(F)c2)o1. The summed E-state index contributed by atoms with van der Waals surface area (Å²) in [4.78, 5) is 11.9. The van der Waals surface area contributed by atoms with E-state index in [-0.39, 0.29) is 11.3 Å². The molecule has 6 heteroatoms. The van der Waals surface area contributed by atoms with Crippen molar-refractivity contribution in [2.45, 2.75) is 19.5 Å². The summed E-state index contributed by atoms with van der Waals surface area (Å²) >= 11 is 0. The Morgan fingerprint density at radius 3 is 2.40 bits per heavy atom. The Hall–Kier alpha value is -2.11. The highest BCUT2D eigenvalue weighted by Gasteiger charge is 2.34. The molecular formula is C14H10F4O2. The van der Waals surface area contributed by atoms with Crippen LogP contribution in [0.15, 0.2) is 34.7 Å². The molecule has 0 fully saturated rings. The molecule has 2 nitrogen and oxygen atoms in total. The van der Waals surface area contributed by atoms with Gasteiger partial charge in [0.1, 0.15) is 11.6 Å². The van der Waals surface area contributed by atoms with E-state index in [0.29, 0.717) is 24.3 Å². The summed E-state index contributed by atoms with van der Waals surface area (Å²) < 4.78 is 55.8. The van der Waals surface area contributed by atoms with Crippen LogP contribution < -0.4 is 0 Å². The number of ketones is 1. The molecule has 0 N–H and O–H groups in total. The molecule has 1 heterocycles. The Kier molecular flexibility index (Phi) is 3.65. The van der Waals surface area contributed by atoms with Crippen LogP contribution in [-0.4, -0.2) is 5.78 Å². The van der Waals surface area contributed by atoms with Crippen LogP contribution in [0.25, 0.3) is 0 Å². The van der Waals surface area contributed by atoms with E-state index in [1.165, 1.54) is 6.07 Å². The first-order chi connectivity index (χ1) is 9.32. The molecule has 1 aromatic heterocycles. The highest BCUT2D eigenvalue weighted by atomic mass is 19.4. The van der Waals surface area contributed by atoms with Crippen molar-refractivity contribution in [3.05, 3.63) is 58.8 Å². The number of hydrogen-bond acceptors (Lipinski definition) is 2. The zero-order valence-corrected chi connectivity index (χ0v) is 10.4. The molecule has 2 aromatic rings. The summed E-state index contributed by atoms with van der Waals surface area (Å²) in [5, 5.41) is 0. The van der Waals surface area contributed by atoms with E-state index in [1.54, 1.807) is 6.07 Å². The van der Waals surface area contributed by atoms with Crippen molar-refractivity contribution in [2.75, 3.05) is 0 Å². The Morgan fingerprint density at radius 2 is 1.90 bits per heavy atom. The topological polar surface area (TPSA) is 30.2 Å². The molecule has 0 saturated heterocycles. The third-order valence-electron chi connectivity index (χ3n) is 2.77. The second-order valence-corrected chi connectivity index (χ2v) is 4.14. The van der Waals surface area contributed by atoms with Crippen LogP contribution in [0.5, 0.6) is 0 Å². The van der Waals surface area contributed by atoms with E-state index in [4.69, 9.17) is 4.42 Å². The maximum Gasteiger partial charge on any atom is 0.419 e. The van der Waals surface area contributed by atoms with E-state index in [2.05, 4.69) is 0 Å². The predicted octanol–water partition coefficient (Wildman–Crippen LogP) is 4.23. The first-order valence-electron chi connectivity index (χ1n) is 5.83. The maximum atomic E-state index is 13.4. The number of carbonyl (C=O) groups is 1. The van der Waals surface area contributed by atoms with Gasteiger partial charge in [-0.1, -0.05) is 13.0 Å². The van der Waals surface area contributed by atoms with Gasteiger partial charge in [0.15, 0.2) is 5.76 Å². The Morgan fingerprint density at radius 1 is 1.20 bits per heavy atom. The molecule has 20 heavy (non-hydrogen) atoms. The van der Waals surface area contributed by atoms with E-state index < -0.39 is 23.3 Å². The van der Waals surface area contributed by atoms with E-state index in [0.717, 1.165) is 6.07 Å². The summed E-state index contributed by atoms with van der Waals surface area (Å²) in [6.07, 6.45) is -4.21. The van der Waals surface area contributed by atoms with Crippen LogP contribution in [0, 0.1) is 5.82 Å². The van der Waals surface area contributed by atoms with Gasteiger partial charge in [0, 0.05) is 12.0 Å². The molecule has 0 amide bonds. The minimum absolute atomic E-state index is 0.0268. The van der Waals surface area contributed by atoms with Crippen molar-refractivity contribution < 1.29 is 26.8 Å². The van der Waals surface area contributed by atoms with Gasteiger partial charge in [-0.05, 0) is 24.3 Å². The fraction of sp³-hybridized carbons (Fsp3) is 0.214. The Bertz CT molecular complexity index is 641. The first-order valence-corrected chi connectivity index (χ1v) is 5.83. The summed E-state index contributed by atoms with van der Waals surface area (Å²) in [6.45, 7) is 1.82. The second kappa shape index (κ2) is 5.11. The highest BCUT2D eigenvalue weighted by Crippen LogP contribution is 2.31. The fourth-order valence-corrected chi connectivity index (χ4v) is 1.72. The standard InChI is InChI=1S/C14H10F4O2/c1-2-9-4-6-12(20-9)13(19)8-3-5-10(11(15)7-8)14(16,17)18/h3-7H,2H2,1H3. The molecule has 0 unspecified atom stereocenters. The third kappa shape index (κ3) is 2.74. The molecule has 2 rings (SSSR count). The number of rotatable bonds is 3. The molecule has 0 radical (unpaired) electrons. The number of furan rings is 1. The molecule has 1 aromatic carbocycles. The van der Waals surface area contributed by atoms with Gasteiger partial charge in [0.05, 0.1) is 5.56 Å². The average molecular weight is 286 g/mol. The lowest BCUT2D eigenvalue weighted by Gasteiger charge is -2.08. The average Bonchev–Trinajstić information content (AvgIpc) is 2.85. The van der Waals surface area contributed by atoms with Crippen molar-refractivity contribution in [3.63, 3.8) is 0 Å². The van der Waals surface area contributed by atoms with Crippen LogP contribution in [0.2, 0.25) is 0 Å². The predicted molar refractivity (Wildman–Crippen MR) is 62.9 cm³/mol. The van der Waals surface area contributed by atoms with Crippen molar-refractivity contribution in [1.82, 2.24) is 0 Å². The lowest BCUT2D eigenvalue weighted by Crippen LogP contribution is -2.10. The van der Waals surface area contributed by atoms with Gasteiger partial charge < -0.3 is 4.42 Å². The largest absolute Gasteiger partial charge is 0.458 e. The van der Waals surface area contributed by atoms with Gasteiger partial charge in [0.2, 0.25) is 5.78 Å². The van der Waals surface area contributed by atoms with Gasteiger partial charge in [-0.3, -0.25) is 4.79 Å². The zero-order valence-electron chi connectivity index (χ0n) is 10.4. The monoisotopic (exact) mass is 286 g/mol. The van der Waals surface area contributed by atoms with Gasteiger partial charge in [-0.25, -0.2) is 4.39 Å². The summed E-state index contributed by atoms with van der Waals surface area (Å²) in [7, 11) is 0. The number of aryl methyl sites for hydroxylation is 1.